The van der Waals surface area contributed by atoms with Gasteiger partial charge in [-0.15, -0.1) is 11.3 Å². The maximum Gasteiger partial charge on any atom is 0.227 e. The number of likely N-dealkylation sites (N-methyl/N-ethyl adjacent to an activating group) is 1. The average Bonchev–Trinajstić information content (AvgIpc) is 3.49. The number of carbonyl (C=O) groups is 1. The third kappa shape index (κ3) is 3.73. The molecule has 4 nitrogen and oxygen atoms in total. The van der Waals surface area contributed by atoms with Gasteiger partial charge in [0, 0.05) is 30.4 Å². The molecule has 1 saturated carbocycles. The van der Waals surface area contributed by atoms with Crippen molar-refractivity contribution in [2.75, 3.05) is 26.7 Å². The van der Waals surface area contributed by atoms with E-state index in [4.69, 9.17) is 4.74 Å². The molecule has 1 aromatic carbocycles. The summed E-state index contributed by atoms with van der Waals surface area (Å²) in [6, 6.07) is 9.23. The van der Waals surface area contributed by atoms with E-state index in [0.29, 0.717) is 18.5 Å². The summed E-state index contributed by atoms with van der Waals surface area (Å²) in [5.41, 5.74) is 1.24. The van der Waals surface area contributed by atoms with Crippen molar-refractivity contribution in [2.24, 2.45) is 0 Å². The Morgan fingerprint density at radius 3 is 2.90 bits per heavy atom. The second-order valence-corrected chi connectivity index (χ2v) is 10.1. The van der Waals surface area contributed by atoms with Gasteiger partial charge in [-0.1, -0.05) is 12.1 Å². The number of fused-ring (bicyclic) bond motifs is 1. The first-order valence-corrected chi connectivity index (χ1v) is 12.1. The van der Waals surface area contributed by atoms with E-state index in [0.717, 1.165) is 31.4 Å². The number of benzene rings is 1. The normalized spacial score (nSPS) is 30.4. The molecule has 2 saturated heterocycles. The van der Waals surface area contributed by atoms with Crippen LogP contribution in [0.3, 0.4) is 0 Å². The highest BCUT2D eigenvalue weighted by molar-refractivity contribution is 7.17. The molecule has 156 valence electrons. The predicted octanol–water partition coefficient (Wildman–Crippen LogP) is 4.47. The number of likely N-dealkylation sites (tertiary alicyclic amines) is 1. The predicted molar refractivity (Wildman–Crippen MR) is 118 cm³/mol. The third-order valence-corrected chi connectivity index (χ3v) is 8.42. The van der Waals surface area contributed by atoms with E-state index < -0.39 is 0 Å². The van der Waals surface area contributed by atoms with Gasteiger partial charge in [-0.2, -0.15) is 0 Å². The Balaban J connectivity index is 1.34. The highest BCUT2D eigenvalue weighted by Gasteiger charge is 2.47. The number of rotatable bonds is 4. The zero-order valence-corrected chi connectivity index (χ0v) is 18.3. The minimum absolute atomic E-state index is 0.0793. The summed E-state index contributed by atoms with van der Waals surface area (Å²) in [5.74, 6) is 0.251. The van der Waals surface area contributed by atoms with Crippen LogP contribution in [0.1, 0.15) is 50.5 Å². The van der Waals surface area contributed by atoms with Crippen molar-refractivity contribution in [1.29, 1.82) is 0 Å². The van der Waals surface area contributed by atoms with Crippen molar-refractivity contribution in [3.8, 4) is 0 Å². The van der Waals surface area contributed by atoms with Crippen LogP contribution in [0.5, 0.6) is 0 Å². The Kier molecular flexibility index (Phi) is 5.39. The number of ether oxygens (including phenoxy) is 1. The second-order valence-electron chi connectivity index (χ2n) is 9.19. The first-order valence-electron chi connectivity index (χ1n) is 11.2. The SMILES string of the molecule is CN(C(=O)Cc1cccc2sccc12)[C@H]1CC[C@@]2(CCCO2)C[C@@H]1N1CCCC1. The van der Waals surface area contributed by atoms with Gasteiger partial charge in [-0.05, 0) is 86.5 Å². The number of thiophene rings is 1. The molecule has 29 heavy (non-hydrogen) atoms. The van der Waals surface area contributed by atoms with Gasteiger partial charge in [0.05, 0.1) is 12.0 Å². The van der Waals surface area contributed by atoms with Gasteiger partial charge >= 0.3 is 0 Å². The minimum atomic E-state index is 0.0793. The molecule has 1 amide bonds. The van der Waals surface area contributed by atoms with Gasteiger partial charge in [-0.3, -0.25) is 9.69 Å². The first kappa shape index (κ1) is 19.5. The lowest BCUT2D eigenvalue weighted by atomic mass is 9.76. The zero-order valence-electron chi connectivity index (χ0n) is 17.4. The van der Waals surface area contributed by atoms with Crippen molar-refractivity contribution < 1.29 is 9.53 Å². The van der Waals surface area contributed by atoms with Crippen LogP contribution in [-0.2, 0) is 16.0 Å². The molecule has 5 heteroatoms. The molecule has 2 aliphatic heterocycles. The summed E-state index contributed by atoms with van der Waals surface area (Å²) in [6.45, 7) is 3.26. The van der Waals surface area contributed by atoms with Crippen LogP contribution in [0.4, 0.5) is 0 Å². The Morgan fingerprint density at radius 1 is 1.24 bits per heavy atom. The summed E-state index contributed by atoms with van der Waals surface area (Å²) in [7, 11) is 2.04. The molecule has 3 atom stereocenters. The molecule has 0 N–H and O–H groups in total. The fourth-order valence-electron chi connectivity index (χ4n) is 5.92. The standard InChI is InChI=1S/C24H32N2O2S/c1-25(23(27)16-18-6-4-7-22-19(18)9-15-29-22)20-8-11-24(10-5-14-28-24)17-21(20)26-12-2-3-13-26/h4,6-7,9,15,20-21H,2-3,5,8,10-14,16-17H2,1H3/t20-,21-,24-/m0/s1. The smallest absolute Gasteiger partial charge is 0.227 e. The fourth-order valence-corrected chi connectivity index (χ4v) is 6.75. The number of carbonyl (C=O) groups excluding carboxylic acids is 1. The molecule has 0 unspecified atom stereocenters. The molecule has 2 aromatic rings. The Hall–Kier alpha value is -1.43. The lowest BCUT2D eigenvalue weighted by molar-refractivity contribution is -0.136. The van der Waals surface area contributed by atoms with Gasteiger partial charge in [0.15, 0.2) is 0 Å². The van der Waals surface area contributed by atoms with Gasteiger partial charge in [0.2, 0.25) is 5.91 Å². The Bertz CT molecular complexity index is 867. The van der Waals surface area contributed by atoms with E-state index >= 15 is 0 Å². The van der Waals surface area contributed by atoms with Gasteiger partial charge in [0.25, 0.3) is 0 Å². The number of hydrogen-bond donors (Lipinski definition) is 0. The number of amides is 1. The Labute approximate surface area is 177 Å². The summed E-state index contributed by atoms with van der Waals surface area (Å²) in [4.78, 5) is 18.1. The van der Waals surface area contributed by atoms with Crippen molar-refractivity contribution >= 4 is 27.3 Å². The molecule has 0 radical (unpaired) electrons. The lowest BCUT2D eigenvalue weighted by Gasteiger charge is -2.48. The maximum absolute atomic E-state index is 13.3. The fraction of sp³-hybridized carbons (Fsp3) is 0.625. The van der Waals surface area contributed by atoms with Crippen molar-refractivity contribution in [2.45, 2.75) is 69.1 Å². The maximum atomic E-state index is 13.3. The molecular formula is C24H32N2O2S. The van der Waals surface area contributed by atoms with Crippen LogP contribution in [0.15, 0.2) is 29.6 Å². The van der Waals surface area contributed by atoms with E-state index in [9.17, 15) is 4.79 Å². The highest BCUT2D eigenvalue weighted by Crippen LogP contribution is 2.43. The van der Waals surface area contributed by atoms with Crippen LogP contribution in [0.25, 0.3) is 10.1 Å². The number of nitrogens with zero attached hydrogens (tertiary/aromatic N) is 2. The monoisotopic (exact) mass is 412 g/mol. The lowest BCUT2D eigenvalue weighted by Crippen LogP contribution is -2.58. The molecule has 3 aliphatic rings. The van der Waals surface area contributed by atoms with Crippen LogP contribution in [-0.4, -0.2) is 60.1 Å². The highest BCUT2D eigenvalue weighted by atomic mass is 32.1. The van der Waals surface area contributed by atoms with Crippen molar-refractivity contribution in [3.63, 3.8) is 0 Å². The number of hydrogen-bond acceptors (Lipinski definition) is 4. The van der Waals surface area contributed by atoms with E-state index in [1.807, 2.05) is 7.05 Å². The summed E-state index contributed by atoms with van der Waals surface area (Å²) in [5, 5.41) is 3.35. The van der Waals surface area contributed by atoms with Gasteiger partial charge in [0.1, 0.15) is 0 Å². The van der Waals surface area contributed by atoms with Crippen molar-refractivity contribution in [3.05, 3.63) is 35.2 Å². The van der Waals surface area contributed by atoms with Crippen LogP contribution < -0.4 is 0 Å². The van der Waals surface area contributed by atoms with E-state index in [1.165, 1.54) is 48.9 Å². The average molecular weight is 413 g/mol. The second kappa shape index (κ2) is 8.01. The minimum Gasteiger partial charge on any atom is -0.375 e. The molecule has 1 spiro atoms. The van der Waals surface area contributed by atoms with E-state index in [1.54, 1.807) is 11.3 Å². The largest absolute Gasteiger partial charge is 0.375 e. The molecular weight excluding hydrogens is 380 g/mol. The zero-order chi connectivity index (χ0) is 19.8. The van der Waals surface area contributed by atoms with Crippen LogP contribution in [0.2, 0.25) is 0 Å². The van der Waals surface area contributed by atoms with E-state index in [2.05, 4.69) is 39.4 Å². The summed E-state index contributed by atoms with van der Waals surface area (Å²) in [6.07, 6.45) is 8.71. The first-order chi connectivity index (χ1) is 14.2. The molecule has 1 aliphatic carbocycles. The van der Waals surface area contributed by atoms with Crippen LogP contribution >= 0.6 is 11.3 Å². The molecule has 0 bridgehead atoms. The van der Waals surface area contributed by atoms with E-state index in [-0.39, 0.29) is 11.5 Å². The van der Waals surface area contributed by atoms with Gasteiger partial charge in [-0.25, -0.2) is 0 Å². The topological polar surface area (TPSA) is 32.8 Å². The quantitative estimate of drug-likeness (QED) is 0.743. The molecule has 3 fully saturated rings. The molecule has 3 heterocycles. The molecule has 5 rings (SSSR count). The summed E-state index contributed by atoms with van der Waals surface area (Å²) >= 11 is 1.75. The van der Waals surface area contributed by atoms with Crippen LogP contribution in [0, 0.1) is 0 Å². The van der Waals surface area contributed by atoms with Gasteiger partial charge < -0.3 is 9.64 Å². The van der Waals surface area contributed by atoms with Crippen molar-refractivity contribution in [1.82, 2.24) is 9.80 Å². The summed E-state index contributed by atoms with van der Waals surface area (Å²) < 4.78 is 7.54. The third-order valence-electron chi connectivity index (χ3n) is 7.53. The Morgan fingerprint density at radius 2 is 2.10 bits per heavy atom. The molecule has 1 aromatic heterocycles.